The van der Waals surface area contributed by atoms with Crippen molar-refractivity contribution < 1.29 is 9.50 Å². The Balaban J connectivity index is 2.23. The Morgan fingerprint density at radius 2 is 1.79 bits per heavy atom. The van der Waals surface area contributed by atoms with Crippen molar-refractivity contribution in [1.82, 2.24) is 0 Å². The first-order valence-corrected chi connectivity index (χ1v) is 6.39. The third-order valence-corrected chi connectivity index (χ3v) is 3.18. The summed E-state index contributed by atoms with van der Waals surface area (Å²) in [7, 11) is 0. The van der Waals surface area contributed by atoms with Gasteiger partial charge in [0.05, 0.1) is 0 Å². The molecule has 0 spiro atoms. The van der Waals surface area contributed by atoms with Crippen molar-refractivity contribution in [2.75, 3.05) is 11.4 Å². The summed E-state index contributed by atoms with van der Waals surface area (Å²) in [5, 5.41) is 9.78. The van der Waals surface area contributed by atoms with Crippen LogP contribution in [0.25, 0.3) is 0 Å². The maximum absolute atomic E-state index is 13.2. The number of rotatable bonds is 4. The Morgan fingerprint density at radius 3 is 2.42 bits per heavy atom. The molecule has 0 radical (unpaired) electrons. The van der Waals surface area contributed by atoms with Gasteiger partial charge in [0, 0.05) is 24.3 Å². The minimum atomic E-state index is -0.326. The maximum atomic E-state index is 13.2. The van der Waals surface area contributed by atoms with Crippen LogP contribution in [0.3, 0.4) is 0 Å². The molecule has 0 aromatic heterocycles. The van der Waals surface area contributed by atoms with Crippen molar-refractivity contribution in [2.24, 2.45) is 0 Å². The summed E-state index contributed by atoms with van der Waals surface area (Å²) in [6.45, 7) is 5.36. The van der Waals surface area contributed by atoms with Crippen LogP contribution in [-0.4, -0.2) is 11.7 Å². The lowest BCUT2D eigenvalue weighted by atomic mass is 10.1. The van der Waals surface area contributed by atoms with Crippen molar-refractivity contribution in [1.29, 1.82) is 0 Å². The first-order chi connectivity index (χ1) is 9.10. The van der Waals surface area contributed by atoms with Gasteiger partial charge in [0.15, 0.2) is 0 Å². The van der Waals surface area contributed by atoms with E-state index in [1.54, 1.807) is 0 Å². The molecule has 0 aliphatic carbocycles. The molecule has 0 atom stereocenters. The summed E-state index contributed by atoms with van der Waals surface area (Å²) in [5.41, 5.74) is 2.87. The minimum absolute atomic E-state index is 0.131. The van der Waals surface area contributed by atoms with E-state index >= 15 is 0 Å². The molecule has 2 nitrogen and oxygen atoms in total. The molecule has 0 aliphatic heterocycles. The predicted octanol–water partition coefficient (Wildman–Crippen LogP) is 3.87. The number of hydrogen-bond donors (Lipinski definition) is 1. The average Bonchev–Trinajstić information content (AvgIpc) is 2.41. The Kier molecular flexibility index (Phi) is 4.05. The van der Waals surface area contributed by atoms with E-state index in [0.717, 1.165) is 12.2 Å². The Bertz CT molecular complexity index is 551. The van der Waals surface area contributed by atoms with Gasteiger partial charge in [0.1, 0.15) is 11.6 Å². The molecular formula is C16H18FNO. The molecule has 19 heavy (non-hydrogen) atoms. The highest BCUT2D eigenvalue weighted by atomic mass is 19.1. The lowest BCUT2D eigenvalue weighted by Gasteiger charge is -2.23. The van der Waals surface area contributed by atoms with Crippen molar-refractivity contribution in [3.8, 4) is 5.75 Å². The molecule has 2 rings (SSSR count). The first-order valence-electron chi connectivity index (χ1n) is 6.39. The summed E-state index contributed by atoms with van der Waals surface area (Å²) in [6.07, 6.45) is 0. The zero-order valence-electron chi connectivity index (χ0n) is 11.2. The molecule has 0 heterocycles. The molecule has 2 aromatic rings. The van der Waals surface area contributed by atoms with E-state index < -0.39 is 0 Å². The van der Waals surface area contributed by atoms with Crippen LogP contribution >= 0.6 is 0 Å². The summed E-state index contributed by atoms with van der Waals surface area (Å²) in [4.78, 5) is 2.09. The largest absolute Gasteiger partial charge is 0.508 e. The number of benzene rings is 2. The lowest BCUT2D eigenvalue weighted by Crippen LogP contribution is -2.22. The normalized spacial score (nSPS) is 10.5. The highest BCUT2D eigenvalue weighted by molar-refractivity contribution is 5.49. The van der Waals surface area contributed by atoms with Crippen molar-refractivity contribution in [3.05, 3.63) is 59.4 Å². The van der Waals surface area contributed by atoms with Gasteiger partial charge in [-0.1, -0.05) is 17.7 Å². The first kappa shape index (κ1) is 13.4. The van der Waals surface area contributed by atoms with Gasteiger partial charge in [-0.05, 0) is 44.2 Å². The van der Waals surface area contributed by atoms with Crippen LogP contribution in [0.5, 0.6) is 5.75 Å². The number of hydrogen-bond acceptors (Lipinski definition) is 2. The average molecular weight is 259 g/mol. The van der Waals surface area contributed by atoms with E-state index in [1.165, 1.54) is 23.8 Å². The molecule has 0 fully saturated rings. The zero-order valence-corrected chi connectivity index (χ0v) is 11.2. The van der Waals surface area contributed by atoms with Crippen LogP contribution in [0.4, 0.5) is 10.1 Å². The highest BCUT2D eigenvalue weighted by Crippen LogP contribution is 2.23. The SMILES string of the molecule is CCN(Cc1cc(F)ccc1O)c1ccc(C)cc1. The van der Waals surface area contributed by atoms with Gasteiger partial charge in [-0.3, -0.25) is 0 Å². The molecule has 0 aliphatic rings. The second-order valence-electron chi connectivity index (χ2n) is 4.62. The molecule has 0 saturated heterocycles. The van der Waals surface area contributed by atoms with Crippen LogP contribution in [-0.2, 0) is 6.54 Å². The number of halogens is 1. The number of phenolic OH excluding ortho intramolecular Hbond substituents is 1. The number of nitrogens with zero attached hydrogens (tertiary/aromatic N) is 1. The van der Waals surface area contributed by atoms with Gasteiger partial charge in [-0.25, -0.2) is 4.39 Å². The van der Waals surface area contributed by atoms with Gasteiger partial charge in [0.25, 0.3) is 0 Å². The highest BCUT2D eigenvalue weighted by Gasteiger charge is 2.09. The Hall–Kier alpha value is -2.03. The van der Waals surface area contributed by atoms with E-state index in [-0.39, 0.29) is 11.6 Å². The van der Waals surface area contributed by atoms with E-state index in [2.05, 4.69) is 4.90 Å². The van der Waals surface area contributed by atoms with E-state index in [1.807, 2.05) is 38.1 Å². The second-order valence-corrected chi connectivity index (χ2v) is 4.62. The molecule has 0 bridgehead atoms. The fourth-order valence-electron chi connectivity index (χ4n) is 2.03. The Labute approximate surface area is 113 Å². The quantitative estimate of drug-likeness (QED) is 0.901. The molecule has 1 N–H and O–H groups in total. The summed E-state index contributed by atoms with van der Waals surface area (Å²) in [5.74, 6) is -0.195. The Morgan fingerprint density at radius 1 is 1.11 bits per heavy atom. The van der Waals surface area contributed by atoms with E-state index in [4.69, 9.17) is 0 Å². The van der Waals surface area contributed by atoms with Crippen LogP contribution in [0, 0.1) is 12.7 Å². The summed E-state index contributed by atoms with van der Waals surface area (Å²) < 4.78 is 13.2. The van der Waals surface area contributed by atoms with Crippen LogP contribution in [0.1, 0.15) is 18.1 Å². The van der Waals surface area contributed by atoms with E-state index in [0.29, 0.717) is 12.1 Å². The molecule has 2 aromatic carbocycles. The third-order valence-electron chi connectivity index (χ3n) is 3.18. The lowest BCUT2D eigenvalue weighted by molar-refractivity contribution is 0.464. The van der Waals surface area contributed by atoms with Crippen molar-refractivity contribution >= 4 is 5.69 Å². The standard InChI is InChI=1S/C16H18FNO/c1-3-18(15-7-4-12(2)5-8-15)11-13-10-14(17)6-9-16(13)19/h4-10,19H,3,11H2,1-2H3. The smallest absolute Gasteiger partial charge is 0.123 e. The predicted molar refractivity (Wildman–Crippen MR) is 76.0 cm³/mol. The molecule has 3 heteroatoms. The molecular weight excluding hydrogens is 241 g/mol. The molecule has 0 unspecified atom stereocenters. The monoisotopic (exact) mass is 259 g/mol. The van der Waals surface area contributed by atoms with Crippen LogP contribution < -0.4 is 4.90 Å². The van der Waals surface area contributed by atoms with Gasteiger partial charge in [-0.15, -0.1) is 0 Å². The molecule has 0 amide bonds. The van der Waals surface area contributed by atoms with Crippen LogP contribution in [0.2, 0.25) is 0 Å². The number of aryl methyl sites for hydroxylation is 1. The fraction of sp³-hybridized carbons (Fsp3) is 0.250. The van der Waals surface area contributed by atoms with Gasteiger partial charge < -0.3 is 10.0 Å². The van der Waals surface area contributed by atoms with E-state index in [9.17, 15) is 9.50 Å². The third kappa shape index (κ3) is 3.25. The van der Waals surface area contributed by atoms with Crippen LogP contribution in [0.15, 0.2) is 42.5 Å². The van der Waals surface area contributed by atoms with Gasteiger partial charge >= 0.3 is 0 Å². The van der Waals surface area contributed by atoms with Crippen molar-refractivity contribution in [3.63, 3.8) is 0 Å². The topological polar surface area (TPSA) is 23.5 Å². The van der Waals surface area contributed by atoms with Gasteiger partial charge in [-0.2, -0.15) is 0 Å². The van der Waals surface area contributed by atoms with Gasteiger partial charge in [0.2, 0.25) is 0 Å². The zero-order chi connectivity index (χ0) is 13.8. The second kappa shape index (κ2) is 5.74. The summed E-state index contributed by atoms with van der Waals surface area (Å²) >= 11 is 0. The number of anilines is 1. The molecule has 100 valence electrons. The fourth-order valence-corrected chi connectivity index (χ4v) is 2.03. The summed E-state index contributed by atoms with van der Waals surface area (Å²) in [6, 6.07) is 12.2. The maximum Gasteiger partial charge on any atom is 0.123 e. The molecule has 0 saturated carbocycles. The number of phenols is 1. The minimum Gasteiger partial charge on any atom is -0.508 e. The van der Waals surface area contributed by atoms with Crippen molar-refractivity contribution in [2.45, 2.75) is 20.4 Å². The number of aromatic hydroxyl groups is 1.